The normalized spacial score (nSPS) is 19.6. The molecule has 2 fully saturated rings. The highest BCUT2D eigenvalue weighted by atomic mass is 31.2. The monoisotopic (exact) mass is 996 g/mol. The summed E-state index contributed by atoms with van der Waals surface area (Å²) in [6.07, 6.45) is -20.1. The first-order valence-corrected chi connectivity index (χ1v) is 21.5. The molecule has 0 aromatic heterocycles. The topological polar surface area (TPSA) is 198 Å². The third kappa shape index (κ3) is 12.2. The van der Waals surface area contributed by atoms with Crippen LogP contribution in [-0.2, 0) is 67.6 Å². The largest absolute Gasteiger partial charge is 0.434 e. The van der Waals surface area contributed by atoms with Gasteiger partial charge in [0, 0.05) is 6.54 Å². The molecule has 0 bridgehead atoms. The predicted molar refractivity (Wildman–Crippen MR) is 203 cm³/mol. The first-order chi connectivity index (χ1) is 30.3. The fourth-order valence-electron chi connectivity index (χ4n) is 6.92. The van der Waals surface area contributed by atoms with Gasteiger partial charge >= 0.3 is 52.3 Å². The van der Waals surface area contributed by atoms with E-state index in [1.54, 1.807) is 24.3 Å². The number of nitrogens with one attached hydrogen (secondary N) is 2. The molecule has 2 atom stereocenters. The third-order valence-electron chi connectivity index (χ3n) is 9.86. The molecule has 0 spiro atoms. The average molecular weight is 997 g/mol. The second-order valence-corrected chi connectivity index (χ2v) is 17.6. The van der Waals surface area contributed by atoms with Crippen molar-refractivity contribution in [2.75, 3.05) is 26.3 Å². The molecule has 2 heterocycles. The molecule has 4 amide bonds. The molecular weight excluding hydrogens is 962 g/mol. The quantitative estimate of drug-likeness (QED) is 0.0591. The van der Waals surface area contributed by atoms with Crippen molar-refractivity contribution in [3.63, 3.8) is 0 Å². The van der Waals surface area contributed by atoms with Crippen LogP contribution in [0.1, 0.15) is 44.5 Å². The zero-order chi connectivity index (χ0) is 49.3. The summed E-state index contributed by atoms with van der Waals surface area (Å²) in [4.78, 5) is 62.6. The number of carbonyl (C=O) groups is 2. The first kappa shape index (κ1) is 51.8. The van der Waals surface area contributed by atoms with Crippen molar-refractivity contribution >= 4 is 27.6 Å². The highest BCUT2D eigenvalue weighted by molar-refractivity contribution is 7.50. The molecule has 14 nitrogen and oxygen atoms in total. The maximum absolute atomic E-state index is 13.1. The predicted octanol–water partition coefficient (Wildman–Crippen LogP) is 8.51. The second kappa shape index (κ2) is 18.8. The van der Waals surface area contributed by atoms with Crippen LogP contribution >= 0.6 is 15.5 Å². The summed E-state index contributed by atoms with van der Waals surface area (Å²) < 4.78 is 192. The molecule has 0 saturated carbocycles. The lowest BCUT2D eigenvalue weighted by molar-refractivity contribution is -0.144. The van der Waals surface area contributed by atoms with E-state index in [2.05, 4.69) is 10.6 Å². The van der Waals surface area contributed by atoms with Gasteiger partial charge in [0.25, 0.3) is 0 Å². The maximum Gasteiger partial charge on any atom is 0.434 e. The Morgan fingerprint density at radius 2 is 0.955 bits per heavy atom. The summed E-state index contributed by atoms with van der Waals surface area (Å²) in [7, 11) is -10.2. The minimum Gasteiger partial charge on any atom is -0.374 e. The van der Waals surface area contributed by atoms with Gasteiger partial charge in [-0.1, -0.05) is 60.7 Å². The van der Waals surface area contributed by atoms with E-state index in [9.17, 15) is 91.0 Å². The number of nitrogens with zero attached hydrogens (tertiary/aromatic N) is 2. The van der Waals surface area contributed by atoms with Crippen LogP contribution in [0.5, 0.6) is 0 Å². The number of alkyl halides is 12. The zero-order valence-corrected chi connectivity index (χ0v) is 34.8. The smallest absolute Gasteiger partial charge is 0.374 e. The average Bonchev–Trinajstić information content (AvgIpc) is 3.75. The van der Waals surface area contributed by atoms with Crippen molar-refractivity contribution in [3.05, 3.63) is 142 Å². The fraction of sp³-hybridized carbons (Fsp3) is 0.316. The summed E-state index contributed by atoms with van der Waals surface area (Å²) in [6, 6.07) is 15.2. The Kier molecular flexibility index (Phi) is 14.8. The van der Waals surface area contributed by atoms with Crippen molar-refractivity contribution in [1.29, 1.82) is 0 Å². The number of rotatable bonds is 12. The van der Waals surface area contributed by atoms with Crippen LogP contribution in [0.25, 0.3) is 0 Å². The van der Waals surface area contributed by atoms with Gasteiger partial charge in [0.15, 0.2) is 0 Å². The number of benzene rings is 4. The summed E-state index contributed by atoms with van der Waals surface area (Å²) in [6.45, 7) is -3.42. The van der Waals surface area contributed by atoms with E-state index >= 15 is 0 Å². The van der Waals surface area contributed by atoms with Crippen molar-refractivity contribution in [2.24, 2.45) is 0 Å². The van der Waals surface area contributed by atoms with E-state index in [1.165, 1.54) is 36.4 Å². The molecule has 6 rings (SSSR count). The van der Waals surface area contributed by atoms with E-state index in [1.807, 2.05) is 0 Å². The minimum absolute atomic E-state index is 0.00986. The van der Waals surface area contributed by atoms with E-state index < -0.39 is 130 Å². The Hall–Kier alpha value is -5.20. The Bertz CT molecular complexity index is 2420. The number of urea groups is 2. The minimum atomic E-state index is -5.18. The first-order valence-electron chi connectivity index (χ1n) is 18.4. The van der Waals surface area contributed by atoms with E-state index in [-0.39, 0.29) is 33.6 Å². The number of carbonyl (C=O) groups excluding carboxylic acids is 2. The number of hydrogen-bond acceptors (Lipinski definition) is 6. The van der Waals surface area contributed by atoms with Crippen molar-refractivity contribution < 1.29 is 100 Å². The van der Waals surface area contributed by atoms with Crippen molar-refractivity contribution in [1.82, 2.24) is 20.0 Å². The highest BCUT2D eigenvalue weighted by Crippen LogP contribution is 2.52. The third-order valence-corrected chi connectivity index (χ3v) is 11.9. The van der Waals surface area contributed by atoms with Gasteiger partial charge in [-0.05, 0) is 58.7 Å². The van der Waals surface area contributed by atoms with E-state index in [0.717, 1.165) is 0 Å². The molecule has 0 unspecified atom stereocenters. The SMILES string of the molecule is O=C1NC[C@@](COCc2cc(C(F)(F)F)cc(C(F)(F)F)c2)(c2ccccc2)N1P(=O)(O)O.O=C1N[C@](COCc2cc(C(F)(F)F)cc(C(F)(F)F)c2)(c2ccccc2)CN1P(=O)(O)O. The summed E-state index contributed by atoms with van der Waals surface area (Å²) in [5.74, 6) is 0. The molecule has 2 aliphatic rings. The number of hydrogen-bond donors (Lipinski definition) is 6. The van der Waals surface area contributed by atoms with E-state index in [0.29, 0.717) is 29.8 Å². The number of halogens is 12. The summed E-state index contributed by atoms with van der Waals surface area (Å²) >= 11 is 0. The Morgan fingerprint density at radius 3 is 1.32 bits per heavy atom. The van der Waals surface area contributed by atoms with Crippen LogP contribution in [0, 0.1) is 0 Å². The molecule has 28 heteroatoms. The second-order valence-electron chi connectivity index (χ2n) is 14.6. The van der Waals surface area contributed by atoms with Crippen LogP contribution in [0.4, 0.5) is 62.3 Å². The van der Waals surface area contributed by atoms with Gasteiger partial charge in [0.05, 0.1) is 55.2 Å². The van der Waals surface area contributed by atoms with Crippen LogP contribution in [0.2, 0.25) is 0 Å². The molecule has 360 valence electrons. The zero-order valence-electron chi connectivity index (χ0n) is 33.0. The summed E-state index contributed by atoms with van der Waals surface area (Å²) in [5, 5.41) is 4.70. The molecule has 0 radical (unpaired) electrons. The lowest BCUT2D eigenvalue weighted by Crippen LogP contribution is -2.46. The lowest BCUT2D eigenvalue weighted by Gasteiger charge is -2.37. The fourth-order valence-corrected chi connectivity index (χ4v) is 8.68. The van der Waals surface area contributed by atoms with Gasteiger partial charge in [-0.2, -0.15) is 52.7 Å². The van der Waals surface area contributed by atoms with Crippen LogP contribution in [0.3, 0.4) is 0 Å². The Balaban J connectivity index is 0.000000247. The van der Waals surface area contributed by atoms with Gasteiger partial charge < -0.3 is 39.7 Å². The molecule has 4 aromatic rings. The van der Waals surface area contributed by atoms with Crippen molar-refractivity contribution in [3.8, 4) is 0 Å². The van der Waals surface area contributed by atoms with Crippen molar-refractivity contribution in [2.45, 2.75) is 49.0 Å². The molecular formula is C38H34F12N4O10P2. The van der Waals surface area contributed by atoms with Crippen LogP contribution in [-0.4, -0.2) is 67.3 Å². The molecule has 66 heavy (non-hydrogen) atoms. The lowest BCUT2D eigenvalue weighted by atomic mass is 9.91. The summed E-state index contributed by atoms with van der Waals surface area (Å²) in [5.41, 5.74) is -9.59. The molecule has 2 aliphatic heterocycles. The van der Waals surface area contributed by atoms with Crippen LogP contribution in [0.15, 0.2) is 97.1 Å². The molecule has 2 saturated heterocycles. The Labute approximate surface area is 364 Å². The number of amides is 4. The molecule has 6 N–H and O–H groups in total. The number of ether oxygens (including phenoxy) is 2. The standard InChI is InChI=1S/2C19H17F6N2O5P/c20-18(21,22)14-6-12(7-15(8-14)19(23,24)25)9-32-11-17(13-4-2-1-3-5-13)10-27(16(28)26-17)33(29,30)31;20-18(21,22)14-6-12(7-15(8-14)19(23,24)25)9-32-11-17(13-4-2-1-3-5-13)10-26-16(28)27(17)33(29,30)31/h2*1-8H,9-11H2,(H,26,28)(H2,29,30,31)/t2*17-/m11/s1. The van der Waals surface area contributed by atoms with Gasteiger partial charge in [-0.3, -0.25) is 0 Å². The highest BCUT2D eigenvalue weighted by Gasteiger charge is 2.55. The van der Waals surface area contributed by atoms with Gasteiger partial charge in [0.2, 0.25) is 0 Å². The van der Waals surface area contributed by atoms with E-state index in [4.69, 9.17) is 9.47 Å². The molecule has 4 aromatic carbocycles. The van der Waals surface area contributed by atoms with Crippen LogP contribution < -0.4 is 10.6 Å². The van der Waals surface area contributed by atoms with Gasteiger partial charge in [-0.25, -0.2) is 28.1 Å². The van der Waals surface area contributed by atoms with Gasteiger partial charge in [-0.15, -0.1) is 0 Å². The van der Waals surface area contributed by atoms with Gasteiger partial charge in [0.1, 0.15) is 11.1 Å². The maximum atomic E-state index is 13.1. The molecule has 0 aliphatic carbocycles. The Morgan fingerprint density at radius 1 is 0.561 bits per heavy atom.